The lowest BCUT2D eigenvalue weighted by molar-refractivity contribution is -0.0416. The van der Waals surface area contributed by atoms with Gasteiger partial charge in [-0.1, -0.05) is 11.6 Å². The third-order valence-electron chi connectivity index (χ3n) is 4.89. The molecule has 29 heavy (non-hydrogen) atoms. The molecule has 2 atom stereocenters. The molecule has 0 bridgehead atoms. The first-order valence-electron chi connectivity index (χ1n) is 9.46. The summed E-state index contributed by atoms with van der Waals surface area (Å²) in [7, 11) is 2.01. The molecular weight excluding hydrogens is 405 g/mol. The SMILES string of the molecule is CN1CCO[C@@H](COc2nc(N3CCOCC(O)C3)c3cnc(Cl)c(F)c3n2)C1. The fraction of sp³-hybridized carbons (Fsp3) is 0.611. The molecule has 4 heterocycles. The zero-order valence-corrected chi connectivity index (χ0v) is 16.8. The second kappa shape index (κ2) is 8.88. The van der Waals surface area contributed by atoms with E-state index in [2.05, 4.69) is 19.9 Å². The van der Waals surface area contributed by atoms with Crippen LogP contribution in [-0.4, -0.2) is 96.8 Å². The number of likely N-dealkylation sites (N-methyl/N-ethyl adjacent to an activating group) is 1. The van der Waals surface area contributed by atoms with Gasteiger partial charge >= 0.3 is 6.01 Å². The van der Waals surface area contributed by atoms with Gasteiger partial charge in [0.15, 0.2) is 11.0 Å². The lowest BCUT2D eigenvalue weighted by Crippen LogP contribution is -2.42. The summed E-state index contributed by atoms with van der Waals surface area (Å²) < 4.78 is 31.5. The highest BCUT2D eigenvalue weighted by Gasteiger charge is 2.24. The van der Waals surface area contributed by atoms with Crippen LogP contribution in [0.3, 0.4) is 0 Å². The van der Waals surface area contributed by atoms with Crippen LogP contribution in [0.25, 0.3) is 10.9 Å². The van der Waals surface area contributed by atoms with Gasteiger partial charge in [-0.2, -0.15) is 9.97 Å². The number of aromatic nitrogens is 3. The minimum atomic E-state index is -0.738. The maximum atomic E-state index is 14.7. The van der Waals surface area contributed by atoms with Crippen molar-refractivity contribution < 1.29 is 23.7 Å². The van der Waals surface area contributed by atoms with Crippen molar-refractivity contribution in [2.45, 2.75) is 12.2 Å². The van der Waals surface area contributed by atoms with E-state index in [-0.39, 0.29) is 42.5 Å². The average Bonchev–Trinajstić information content (AvgIpc) is 2.93. The van der Waals surface area contributed by atoms with Crippen molar-refractivity contribution in [2.75, 3.05) is 64.6 Å². The highest BCUT2D eigenvalue weighted by atomic mass is 35.5. The third kappa shape index (κ3) is 4.67. The molecule has 4 rings (SSSR count). The predicted octanol–water partition coefficient (Wildman–Crippen LogP) is 0.724. The molecule has 1 unspecified atom stereocenters. The molecule has 1 N–H and O–H groups in total. The first kappa shape index (κ1) is 20.4. The van der Waals surface area contributed by atoms with Crippen molar-refractivity contribution >= 4 is 28.3 Å². The van der Waals surface area contributed by atoms with Gasteiger partial charge in [-0.25, -0.2) is 9.37 Å². The van der Waals surface area contributed by atoms with E-state index < -0.39 is 11.9 Å². The number of rotatable bonds is 4. The van der Waals surface area contributed by atoms with E-state index in [9.17, 15) is 9.50 Å². The molecule has 0 amide bonds. The number of hydrogen-bond donors (Lipinski definition) is 1. The summed E-state index contributed by atoms with van der Waals surface area (Å²) in [6, 6.07) is 0.0187. The zero-order valence-electron chi connectivity index (χ0n) is 16.1. The van der Waals surface area contributed by atoms with Gasteiger partial charge < -0.3 is 29.1 Å². The molecule has 0 aromatic carbocycles. The van der Waals surface area contributed by atoms with Crippen LogP contribution in [0.2, 0.25) is 5.15 Å². The molecule has 0 saturated carbocycles. The number of halogens is 2. The molecule has 2 fully saturated rings. The minimum Gasteiger partial charge on any atom is -0.461 e. The zero-order chi connectivity index (χ0) is 20.4. The smallest absolute Gasteiger partial charge is 0.319 e. The monoisotopic (exact) mass is 427 g/mol. The number of fused-ring (bicyclic) bond motifs is 1. The summed E-state index contributed by atoms with van der Waals surface area (Å²) in [5, 5.41) is 10.2. The summed E-state index contributed by atoms with van der Waals surface area (Å²) in [5.41, 5.74) is 0.0198. The second-order valence-electron chi connectivity index (χ2n) is 7.20. The van der Waals surface area contributed by atoms with Gasteiger partial charge in [0.05, 0.1) is 31.3 Å². The topological polar surface area (TPSA) is 93.1 Å². The Morgan fingerprint density at radius 2 is 2.17 bits per heavy atom. The Balaban J connectivity index is 1.66. The van der Waals surface area contributed by atoms with Crippen LogP contribution >= 0.6 is 11.6 Å². The Bertz CT molecular complexity index is 876. The van der Waals surface area contributed by atoms with Crippen LogP contribution in [0.4, 0.5) is 10.2 Å². The molecule has 2 aromatic heterocycles. The van der Waals surface area contributed by atoms with Crippen LogP contribution in [0, 0.1) is 5.82 Å². The van der Waals surface area contributed by atoms with Gasteiger partial charge in [-0.05, 0) is 7.05 Å². The number of hydrogen-bond acceptors (Lipinski definition) is 9. The van der Waals surface area contributed by atoms with E-state index >= 15 is 0 Å². The van der Waals surface area contributed by atoms with Crippen LogP contribution in [0.1, 0.15) is 0 Å². The van der Waals surface area contributed by atoms with Gasteiger partial charge in [0.2, 0.25) is 0 Å². The van der Waals surface area contributed by atoms with Gasteiger partial charge in [0, 0.05) is 32.4 Å². The first-order valence-corrected chi connectivity index (χ1v) is 9.84. The van der Waals surface area contributed by atoms with E-state index in [1.54, 1.807) is 0 Å². The normalized spacial score (nSPS) is 23.9. The van der Waals surface area contributed by atoms with Crippen molar-refractivity contribution in [1.82, 2.24) is 19.9 Å². The Labute approximate surface area is 172 Å². The number of anilines is 1. The predicted molar refractivity (Wildman–Crippen MR) is 104 cm³/mol. The summed E-state index contributed by atoms with van der Waals surface area (Å²) >= 11 is 5.86. The molecule has 158 valence electrons. The molecule has 2 saturated heterocycles. The third-order valence-corrected chi connectivity index (χ3v) is 5.15. The number of nitrogens with zero attached hydrogens (tertiary/aromatic N) is 5. The number of β-amino-alcohol motifs (C(OH)–C–C–N with tert-alkyl or cyclic N) is 1. The molecule has 2 aliphatic rings. The van der Waals surface area contributed by atoms with Crippen LogP contribution in [-0.2, 0) is 9.47 Å². The van der Waals surface area contributed by atoms with Gasteiger partial charge in [-0.15, -0.1) is 0 Å². The molecule has 9 nitrogen and oxygen atoms in total. The average molecular weight is 428 g/mol. The largest absolute Gasteiger partial charge is 0.461 e. The highest BCUT2D eigenvalue weighted by molar-refractivity contribution is 6.30. The Morgan fingerprint density at radius 3 is 3.00 bits per heavy atom. The van der Waals surface area contributed by atoms with E-state index in [0.717, 1.165) is 13.1 Å². The number of aliphatic hydroxyl groups is 1. The Hall–Kier alpha value is -1.85. The minimum absolute atomic E-state index is 0.0187. The Morgan fingerprint density at radius 1 is 1.31 bits per heavy atom. The fourth-order valence-electron chi connectivity index (χ4n) is 3.42. The lowest BCUT2D eigenvalue weighted by Gasteiger charge is -2.29. The molecule has 0 aliphatic carbocycles. The van der Waals surface area contributed by atoms with Crippen LogP contribution < -0.4 is 9.64 Å². The highest BCUT2D eigenvalue weighted by Crippen LogP contribution is 2.30. The number of morpholine rings is 1. The molecule has 2 aromatic rings. The van der Waals surface area contributed by atoms with Gasteiger partial charge in [0.1, 0.15) is 24.0 Å². The van der Waals surface area contributed by atoms with E-state index in [4.69, 9.17) is 25.8 Å². The maximum Gasteiger partial charge on any atom is 0.319 e. The van der Waals surface area contributed by atoms with Crippen molar-refractivity contribution in [1.29, 1.82) is 0 Å². The number of ether oxygens (including phenoxy) is 3. The number of aliphatic hydroxyl groups excluding tert-OH is 1. The fourth-order valence-corrected chi connectivity index (χ4v) is 3.56. The standard InChI is InChI=1S/C18H23ClFN5O4/c1-24-2-5-28-12(8-24)10-29-18-22-15-13(6-21-16(19)14(15)20)17(23-18)25-3-4-27-9-11(26)7-25/h6,11-12,26H,2-5,7-10H2,1H3/t11?,12-/m1/s1. The van der Waals surface area contributed by atoms with Gasteiger partial charge in [0.25, 0.3) is 0 Å². The summed E-state index contributed by atoms with van der Waals surface area (Å²) in [4.78, 5) is 16.5. The van der Waals surface area contributed by atoms with Crippen molar-refractivity contribution in [3.05, 3.63) is 17.2 Å². The van der Waals surface area contributed by atoms with E-state index in [0.29, 0.717) is 31.0 Å². The van der Waals surface area contributed by atoms with Crippen molar-refractivity contribution in [3.8, 4) is 6.01 Å². The van der Waals surface area contributed by atoms with Gasteiger partial charge in [-0.3, -0.25) is 0 Å². The summed E-state index contributed by atoms with van der Waals surface area (Å²) in [5.74, 6) is -0.322. The molecule has 11 heteroatoms. The van der Waals surface area contributed by atoms with Crippen molar-refractivity contribution in [3.63, 3.8) is 0 Å². The Kier molecular flexibility index (Phi) is 6.26. The number of pyridine rings is 1. The molecule has 0 spiro atoms. The van der Waals surface area contributed by atoms with E-state index in [1.165, 1.54) is 6.20 Å². The van der Waals surface area contributed by atoms with Crippen LogP contribution in [0.5, 0.6) is 6.01 Å². The second-order valence-corrected chi connectivity index (χ2v) is 7.55. The quantitative estimate of drug-likeness (QED) is 0.708. The van der Waals surface area contributed by atoms with Crippen LogP contribution in [0.15, 0.2) is 6.20 Å². The summed E-state index contributed by atoms with van der Waals surface area (Å²) in [6.45, 7) is 3.84. The van der Waals surface area contributed by atoms with Crippen molar-refractivity contribution in [2.24, 2.45) is 0 Å². The molecular formula is C18H23ClFN5O4. The molecule has 2 aliphatic heterocycles. The van der Waals surface area contributed by atoms with E-state index in [1.807, 2.05) is 11.9 Å². The molecule has 0 radical (unpaired) electrons. The maximum absolute atomic E-state index is 14.7. The summed E-state index contributed by atoms with van der Waals surface area (Å²) in [6.07, 6.45) is 0.607. The first-order chi connectivity index (χ1) is 14.0. The lowest BCUT2D eigenvalue weighted by atomic mass is 10.2.